The van der Waals surface area contributed by atoms with E-state index >= 15 is 0 Å². The molecule has 1 fully saturated rings. The molecule has 4 atom stereocenters. The predicted molar refractivity (Wildman–Crippen MR) is 106 cm³/mol. The fourth-order valence-corrected chi connectivity index (χ4v) is 3.76. The lowest BCUT2D eigenvalue weighted by atomic mass is 10.0. The molecule has 0 aliphatic carbocycles. The zero-order valence-electron chi connectivity index (χ0n) is 16.5. The molecule has 0 unspecified atom stereocenters. The molecule has 25 heavy (non-hydrogen) atoms. The average molecular weight is 355 g/mol. The van der Waals surface area contributed by atoms with Crippen molar-refractivity contribution >= 4 is 0 Å². The smallest absolute Gasteiger partial charge is 0.0840 e. The third kappa shape index (κ3) is 10.4. The number of allylic oxidation sites excluding steroid dienone is 1. The van der Waals surface area contributed by atoms with Gasteiger partial charge in [0.15, 0.2) is 0 Å². The molecule has 0 aromatic rings. The van der Waals surface area contributed by atoms with Crippen LogP contribution >= 0.6 is 0 Å². The van der Waals surface area contributed by atoms with Crippen LogP contribution in [-0.2, 0) is 4.74 Å². The molecule has 0 radical (unpaired) electrons. The first-order chi connectivity index (χ1) is 12.2. The van der Waals surface area contributed by atoms with Crippen molar-refractivity contribution in [3.05, 3.63) is 12.7 Å². The van der Waals surface area contributed by atoms with E-state index in [2.05, 4.69) is 13.5 Å². The Labute approximate surface area is 155 Å². The summed E-state index contributed by atoms with van der Waals surface area (Å²) in [5.41, 5.74) is 0. The van der Waals surface area contributed by atoms with Crippen LogP contribution in [-0.4, -0.2) is 34.6 Å². The van der Waals surface area contributed by atoms with Crippen molar-refractivity contribution in [3.63, 3.8) is 0 Å². The lowest BCUT2D eigenvalue weighted by molar-refractivity contribution is -0.0779. The highest BCUT2D eigenvalue weighted by molar-refractivity contribution is 4.84. The number of rotatable bonds is 16. The molecule has 2 N–H and O–H groups in total. The first kappa shape index (κ1) is 22.7. The number of hydrogen-bond acceptors (Lipinski definition) is 3. The van der Waals surface area contributed by atoms with E-state index in [1.807, 2.05) is 6.08 Å². The molecule has 0 amide bonds. The minimum absolute atomic E-state index is 0.0815. The van der Waals surface area contributed by atoms with Crippen LogP contribution in [0.3, 0.4) is 0 Å². The van der Waals surface area contributed by atoms with Gasteiger partial charge in [-0.15, -0.1) is 6.58 Å². The van der Waals surface area contributed by atoms with E-state index in [1.165, 1.54) is 57.8 Å². The second-order valence-electron chi connectivity index (χ2n) is 7.76. The van der Waals surface area contributed by atoms with Gasteiger partial charge in [0, 0.05) is 0 Å². The van der Waals surface area contributed by atoms with Gasteiger partial charge in [0.05, 0.1) is 24.4 Å². The fourth-order valence-electron chi connectivity index (χ4n) is 3.76. The van der Waals surface area contributed by atoms with Crippen LogP contribution in [0.2, 0.25) is 0 Å². The van der Waals surface area contributed by atoms with E-state index < -0.39 is 6.10 Å². The number of hydrogen-bond donors (Lipinski definition) is 2. The maximum absolute atomic E-state index is 10.3. The molecular weight excluding hydrogens is 312 g/mol. The molecule has 1 heterocycles. The summed E-state index contributed by atoms with van der Waals surface area (Å²) in [4.78, 5) is 0. The molecule has 3 nitrogen and oxygen atoms in total. The van der Waals surface area contributed by atoms with E-state index in [4.69, 9.17) is 4.74 Å². The topological polar surface area (TPSA) is 49.7 Å². The van der Waals surface area contributed by atoms with Crippen LogP contribution in [0.5, 0.6) is 0 Å². The van der Waals surface area contributed by atoms with E-state index in [1.54, 1.807) is 0 Å². The Kier molecular flexibility index (Phi) is 13.4. The Bertz CT molecular complexity index is 318. The zero-order chi connectivity index (χ0) is 18.3. The largest absolute Gasteiger partial charge is 0.390 e. The Hall–Kier alpha value is -0.380. The van der Waals surface area contributed by atoms with Crippen LogP contribution in [0.15, 0.2) is 12.7 Å². The fraction of sp³-hybridized carbons (Fsp3) is 0.909. The highest BCUT2D eigenvalue weighted by atomic mass is 16.5. The van der Waals surface area contributed by atoms with E-state index in [-0.39, 0.29) is 18.3 Å². The monoisotopic (exact) mass is 354 g/mol. The predicted octanol–water partition coefficient (Wildman–Crippen LogP) is 5.53. The standard InChI is InChI=1S/C22H42O3/c1-3-5-7-8-9-10-11-12-13-14-16-20(24)22-18-17-21(25-22)19(23)15-6-4-2/h4,19-24H,2-3,5-18H2,1H3/t19-,20+,21-,22+/m1/s1. The summed E-state index contributed by atoms with van der Waals surface area (Å²) < 4.78 is 5.89. The first-order valence-electron chi connectivity index (χ1n) is 10.8. The third-order valence-corrected chi connectivity index (χ3v) is 5.46. The molecule has 0 aromatic heterocycles. The molecule has 0 aromatic carbocycles. The van der Waals surface area contributed by atoms with Crippen molar-refractivity contribution in [1.82, 2.24) is 0 Å². The molecule has 1 aliphatic rings. The maximum Gasteiger partial charge on any atom is 0.0840 e. The molecule has 3 heteroatoms. The van der Waals surface area contributed by atoms with E-state index in [0.29, 0.717) is 6.42 Å². The van der Waals surface area contributed by atoms with Gasteiger partial charge in [-0.3, -0.25) is 0 Å². The summed E-state index contributed by atoms with van der Waals surface area (Å²) >= 11 is 0. The van der Waals surface area contributed by atoms with E-state index in [9.17, 15) is 10.2 Å². The second kappa shape index (κ2) is 14.8. The van der Waals surface area contributed by atoms with Gasteiger partial charge in [0.2, 0.25) is 0 Å². The maximum atomic E-state index is 10.3. The highest BCUT2D eigenvalue weighted by Crippen LogP contribution is 2.28. The van der Waals surface area contributed by atoms with Crippen molar-refractivity contribution < 1.29 is 14.9 Å². The SMILES string of the molecule is C=CCC[C@@H](O)[C@H]1CC[C@@H]([C@@H](O)CCCCCCCCCCCC)O1. The van der Waals surface area contributed by atoms with Gasteiger partial charge < -0.3 is 14.9 Å². The van der Waals surface area contributed by atoms with Crippen LogP contribution in [0, 0.1) is 0 Å². The lowest BCUT2D eigenvalue weighted by Gasteiger charge is -2.22. The van der Waals surface area contributed by atoms with Crippen LogP contribution in [0.25, 0.3) is 0 Å². The molecule has 148 valence electrons. The summed E-state index contributed by atoms with van der Waals surface area (Å²) in [5.74, 6) is 0. The van der Waals surface area contributed by atoms with Gasteiger partial charge in [-0.2, -0.15) is 0 Å². The Morgan fingerprint density at radius 3 is 1.84 bits per heavy atom. The number of aliphatic hydroxyl groups is 2. The van der Waals surface area contributed by atoms with Crippen molar-refractivity contribution in [3.8, 4) is 0 Å². The summed E-state index contributed by atoms with van der Waals surface area (Å²) in [5, 5.41) is 20.4. The normalized spacial score (nSPS) is 22.8. The van der Waals surface area contributed by atoms with Gasteiger partial charge in [-0.25, -0.2) is 0 Å². The molecule has 1 aliphatic heterocycles. The molecule has 0 bridgehead atoms. The number of ether oxygens (including phenoxy) is 1. The van der Waals surface area contributed by atoms with E-state index in [0.717, 1.165) is 32.1 Å². The highest BCUT2D eigenvalue weighted by Gasteiger charge is 2.33. The molecule has 1 rings (SSSR count). The van der Waals surface area contributed by atoms with Crippen molar-refractivity contribution in [1.29, 1.82) is 0 Å². The Morgan fingerprint density at radius 2 is 1.32 bits per heavy atom. The van der Waals surface area contributed by atoms with Crippen LogP contribution in [0.4, 0.5) is 0 Å². The van der Waals surface area contributed by atoms with Crippen molar-refractivity contribution in [2.75, 3.05) is 0 Å². The van der Waals surface area contributed by atoms with Gasteiger partial charge >= 0.3 is 0 Å². The Balaban J connectivity index is 1.98. The quantitative estimate of drug-likeness (QED) is 0.283. The molecule has 1 saturated heterocycles. The summed E-state index contributed by atoms with van der Waals surface area (Å²) in [6.45, 7) is 5.95. The zero-order valence-corrected chi connectivity index (χ0v) is 16.5. The van der Waals surface area contributed by atoms with Crippen LogP contribution in [0.1, 0.15) is 103 Å². The van der Waals surface area contributed by atoms with Crippen molar-refractivity contribution in [2.24, 2.45) is 0 Å². The summed E-state index contributed by atoms with van der Waals surface area (Å²) in [6, 6.07) is 0. The first-order valence-corrected chi connectivity index (χ1v) is 10.8. The number of unbranched alkanes of at least 4 members (excludes halogenated alkanes) is 9. The minimum Gasteiger partial charge on any atom is -0.390 e. The molecular formula is C22H42O3. The summed E-state index contributed by atoms with van der Waals surface area (Å²) in [7, 11) is 0. The molecule has 0 saturated carbocycles. The van der Waals surface area contributed by atoms with Gasteiger partial charge in [0.25, 0.3) is 0 Å². The minimum atomic E-state index is -0.424. The van der Waals surface area contributed by atoms with Gasteiger partial charge in [0.1, 0.15) is 0 Å². The van der Waals surface area contributed by atoms with Gasteiger partial charge in [-0.1, -0.05) is 77.2 Å². The van der Waals surface area contributed by atoms with Crippen molar-refractivity contribution in [2.45, 2.75) is 128 Å². The molecule has 0 spiro atoms. The average Bonchev–Trinajstić information content (AvgIpc) is 3.11. The Morgan fingerprint density at radius 1 is 0.840 bits per heavy atom. The second-order valence-corrected chi connectivity index (χ2v) is 7.76. The lowest BCUT2D eigenvalue weighted by Crippen LogP contribution is -2.30. The van der Waals surface area contributed by atoms with Gasteiger partial charge in [-0.05, 0) is 32.1 Å². The van der Waals surface area contributed by atoms with Crippen LogP contribution < -0.4 is 0 Å². The summed E-state index contributed by atoms with van der Waals surface area (Å²) in [6.07, 6.45) is 18.1. The third-order valence-electron chi connectivity index (χ3n) is 5.46. The number of aliphatic hydroxyl groups excluding tert-OH is 2.